The summed E-state index contributed by atoms with van der Waals surface area (Å²) in [6.07, 6.45) is 1.78. The zero-order valence-electron chi connectivity index (χ0n) is 13.6. The minimum absolute atomic E-state index is 0.272. The van der Waals surface area contributed by atoms with Gasteiger partial charge in [-0.05, 0) is 12.1 Å². The Labute approximate surface area is 167 Å². The van der Waals surface area contributed by atoms with Crippen molar-refractivity contribution in [3.63, 3.8) is 0 Å². The van der Waals surface area contributed by atoms with Crippen LogP contribution < -0.4 is 5.32 Å². The van der Waals surface area contributed by atoms with Gasteiger partial charge < -0.3 is 10.4 Å². The average Bonchev–Trinajstić information content (AvgIpc) is 3.30. The summed E-state index contributed by atoms with van der Waals surface area (Å²) in [6.45, 7) is 0. The first kappa shape index (κ1) is 16.8. The lowest BCUT2D eigenvalue weighted by Gasteiger charge is -2.22. The first-order chi connectivity index (χ1) is 13.0. The molecule has 1 aliphatic heterocycles. The van der Waals surface area contributed by atoms with E-state index in [4.69, 9.17) is 23.2 Å². The van der Waals surface area contributed by atoms with E-state index >= 15 is 0 Å². The highest BCUT2D eigenvalue weighted by atomic mass is 35.5. The minimum Gasteiger partial charge on any atom is -0.370 e. The van der Waals surface area contributed by atoms with Gasteiger partial charge in [-0.1, -0.05) is 53.5 Å². The van der Waals surface area contributed by atoms with E-state index < -0.39 is 11.5 Å². The minimum atomic E-state index is -1.98. The number of carbonyl (C=O) groups excluding carboxylic acids is 1. The molecule has 134 valence electrons. The van der Waals surface area contributed by atoms with Gasteiger partial charge in [-0.3, -0.25) is 9.20 Å². The monoisotopic (exact) mass is 415 g/mol. The second-order valence-electron chi connectivity index (χ2n) is 6.21. The molecule has 0 radical (unpaired) electrons. The van der Waals surface area contributed by atoms with Crippen LogP contribution in [-0.4, -0.2) is 20.4 Å². The molecule has 2 N–H and O–H groups in total. The molecule has 0 spiro atoms. The normalized spacial score (nSPS) is 18.7. The van der Waals surface area contributed by atoms with Gasteiger partial charge in [0.15, 0.2) is 4.96 Å². The van der Waals surface area contributed by atoms with Crippen molar-refractivity contribution < 1.29 is 9.90 Å². The molecular weight excluding hydrogens is 405 g/mol. The molecule has 27 heavy (non-hydrogen) atoms. The van der Waals surface area contributed by atoms with Crippen LogP contribution >= 0.6 is 34.5 Å². The lowest BCUT2D eigenvalue weighted by molar-refractivity contribution is -0.130. The standard InChI is InChI=1S/C19H11Cl2N3O2S/c20-11-8-12-15(13(21)9-11)22-17(25)19(12,26)16-14(10-4-2-1-3-5-10)23-18-24(16)6-7-27-18/h1-9,26H,(H,22,25)/t19-/m0/s1. The van der Waals surface area contributed by atoms with Crippen LogP contribution in [0.5, 0.6) is 0 Å². The molecule has 2 aromatic heterocycles. The lowest BCUT2D eigenvalue weighted by atomic mass is 9.89. The molecular formula is C19H11Cl2N3O2S. The second-order valence-corrected chi connectivity index (χ2v) is 7.92. The van der Waals surface area contributed by atoms with E-state index in [0.717, 1.165) is 5.56 Å². The van der Waals surface area contributed by atoms with E-state index in [0.29, 0.717) is 32.6 Å². The number of hydrogen-bond acceptors (Lipinski definition) is 4. The number of fused-ring (bicyclic) bond motifs is 2. The van der Waals surface area contributed by atoms with Gasteiger partial charge >= 0.3 is 0 Å². The van der Waals surface area contributed by atoms with Crippen molar-refractivity contribution in [2.75, 3.05) is 5.32 Å². The summed E-state index contributed by atoms with van der Waals surface area (Å²) in [6, 6.07) is 12.5. The Morgan fingerprint density at radius 3 is 2.74 bits per heavy atom. The summed E-state index contributed by atoms with van der Waals surface area (Å²) < 4.78 is 1.73. The Hall–Kier alpha value is -2.38. The van der Waals surface area contributed by atoms with Gasteiger partial charge in [-0.25, -0.2) is 4.98 Å². The topological polar surface area (TPSA) is 66.6 Å². The smallest absolute Gasteiger partial charge is 0.267 e. The van der Waals surface area contributed by atoms with Crippen LogP contribution in [0.25, 0.3) is 16.2 Å². The number of rotatable bonds is 2. The van der Waals surface area contributed by atoms with Crippen LogP contribution in [0.4, 0.5) is 5.69 Å². The van der Waals surface area contributed by atoms with Crippen molar-refractivity contribution in [3.8, 4) is 11.3 Å². The number of halogens is 2. The maximum atomic E-state index is 13.0. The molecule has 0 aliphatic carbocycles. The molecule has 0 saturated carbocycles. The van der Waals surface area contributed by atoms with Crippen LogP contribution in [0.15, 0.2) is 54.0 Å². The van der Waals surface area contributed by atoms with Crippen LogP contribution in [0, 0.1) is 0 Å². The van der Waals surface area contributed by atoms with Crippen molar-refractivity contribution in [1.82, 2.24) is 9.38 Å². The summed E-state index contributed by atoms with van der Waals surface area (Å²) in [7, 11) is 0. The number of hydrogen-bond donors (Lipinski definition) is 2. The largest absolute Gasteiger partial charge is 0.370 e. The summed E-state index contributed by atoms with van der Waals surface area (Å²) >= 11 is 13.8. The third-order valence-corrected chi connectivity index (χ3v) is 5.94. The fraction of sp³-hybridized carbons (Fsp3) is 0.0526. The van der Waals surface area contributed by atoms with Gasteiger partial charge in [0.05, 0.1) is 22.1 Å². The Morgan fingerprint density at radius 1 is 1.19 bits per heavy atom. The van der Waals surface area contributed by atoms with E-state index in [1.165, 1.54) is 17.4 Å². The van der Waals surface area contributed by atoms with Crippen molar-refractivity contribution >= 4 is 51.1 Å². The number of nitrogens with one attached hydrogen (secondary N) is 1. The molecule has 4 aromatic rings. The quantitative estimate of drug-likeness (QED) is 0.504. The van der Waals surface area contributed by atoms with E-state index in [1.807, 2.05) is 35.7 Å². The van der Waals surface area contributed by atoms with Gasteiger partial charge in [-0.15, -0.1) is 11.3 Å². The SMILES string of the molecule is O=C1Nc2c(Cl)cc(Cl)cc2[C@]1(O)c1c(-c2ccccc2)nc2sccn12. The number of aliphatic hydroxyl groups is 1. The van der Waals surface area contributed by atoms with E-state index in [2.05, 4.69) is 10.3 Å². The average molecular weight is 416 g/mol. The number of benzene rings is 2. The second kappa shape index (κ2) is 5.81. The molecule has 1 amide bonds. The highest BCUT2D eigenvalue weighted by Gasteiger charge is 2.51. The molecule has 8 heteroatoms. The number of imidazole rings is 1. The molecule has 1 atom stereocenters. The molecule has 0 saturated heterocycles. The summed E-state index contributed by atoms with van der Waals surface area (Å²) in [5, 5.41) is 16.8. The van der Waals surface area contributed by atoms with Gasteiger partial charge in [0, 0.05) is 27.7 Å². The van der Waals surface area contributed by atoms with Gasteiger partial charge in [0.1, 0.15) is 0 Å². The number of aromatic nitrogens is 2. The van der Waals surface area contributed by atoms with E-state index in [9.17, 15) is 9.90 Å². The highest BCUT2D eigenvalue weighted by molar-refractivity contribution is 7.15. The molecule has 0 fully saturated rings. The molecule has 0 bridgehead atoms. The zero-order valence-corrected chi connectivity index (χ0v) is 15.9. The van der Waals surface area contributed by atoms with Crippen molar-refractivity contribution in [1.29, 1.82) is 0 Å². The fourth-order valence-electron chi connectivity index (χ4n) is 3.48. The predicted molar refractivity (Wildman–Crippen MR) is 107 cm³/mol. The van der Waals surface area contributed by atoms with Crippen molar-refractivity contribution in [2.45, 2.75) is 5.60 Å². The van der Waals surface area contributed by atoms with Crippen molar-refractivity contribution in [3.05, 3.63) is 75.3 Å². The molecule has 5 nitrogen and oxygen atoms in total. The van der Waals surface area contributed by atoms with Gasteiger partial charge in [-0.2, -0.15) is 0 Å². The number of carbonyl (C=O) groups is 1. The third kappa shape index (κ3) is 2.28. The number of thiazole rings is 1. The molecule has 0 unspecified atom stereocenters. The first-order valence-electron chi connectivity index (χ1n) is 8.05. The van der Waals surface area contributed by atoms with E-state index in [1.54, 1.807) is 16.7 Å². The third-order valence-electron chi connectivity index (χ3n) is 4.66. The zero-order chi connectivity index (χ0) is 18.8. The summed E-state index contributed by atoms with van der Waals surface area (Å²) in [5.74, 6) is -0.591. The Balaban J connectivity index is 1.87. The lowest BCUT2D eigenvalue weighted by Crippen LogP contribution is -2.37. The van der Waals surface area contributed by atoms with Crippen LogP contribution in [-0.2, 0) is 10.4 Å². The van der Waals surface area contributed by atoms with Crippen LogP contribution in [0.3, 0.4) is 0 Å². The van der Waals surface area contributed by atoms with Crippen molar-refractivity contribution in [2.24, 2.45) is 0 Å². The van der Waals surface area contributed by atoms with E-state index in [-0.39, 0.29) is 5.02 Å². The highest BCUT2D eigenvalue weighted by Crippen LogP contribution is 2.48. The summed E-state index contributed by atoms with van der Waals surface area (Å²) in [4.78, 5) is 18.3. The Bertz CT molecular complexity index is 1220. The number of anilines is 1. The number of nitrogens with zero attached hydrogens (tertiary/aromatic N) is 2. The van der Waals surface area contributed by atoms with Gasteiger partial charge in [0.25, 0.3) is 5.91 Å². The summed E-state index contributed by atoms with van der Waals surface area (Å²) in [5.41, 5.74) is 0.387. The number of amides is 1. The molecule has 2 aromatic carbocycles. The fourth-order valence-corrected chi connectivity index (χ4v) is 4.73. The maximum absolute atomic E-state index is 13.0. The van der Waals surface area contributed by atoms with Crippen LogP contribution in [0.1, 0.15) is 11.3 Å². The maximum Gasteiger partial charge on any atom is 0.267 e. The first-order valence-corrected chi connectivity index (χ1v) is 9.68. The molecule has 5 rings (SSSR count). The Morgan fingerprint density at radius 2 is 1.96 bits per heavy atom. The Kier molecular flexibility index (Phi) is 3.61. The predicted octanol–water partition coefficient (Wildman–Crippen LogP) is 4.56. The van der Waals surface area contributed by atoms with Crippen LogP contribution in [0.2, 0.25) is 10.0 Å². The molecule has 1 aliphatic rings. The molecule has 3 heterocycles. The van der Waals surface area contributed by atoms with Gasteiger partial charge in [0.2, 0.25) is 5.60 Å².